The van der Waals surface area contributed by atoms with Gasteiger partial charge in [-0.3, -0.25) is 14.5 Å². The molecule has 0 radical (unpaired) electrons. The summed E-state index contributed by atoms with van der Waals surface area (Å²) in [5, 5.41) is 3.11. The van der Waals surface area contributed by atoms with Crippen molar-refractivity contribution in [1.82, 2.24) is 15.1 Å². The van der Waals surface area contributed by atoms with Crippen LogP contribution in [0.25, 0.3) is 0 Å². The van der Waals surface area contributed by atoms with E-state index < -0.39 is 0 Å². The van der Waals surface area contributed by atoms with Crippen LogP contribution in [0, 0.1) is 5.92 Å². The number of halogens is 1. The van der Waals surface area contributed by atoms with Crippen molar-refractivity contribution in [3.05, 3.63) is 34.3 Å². The van der Waals surface area contributed by atoms with Crippen molar-refractivity contribution in [3.63, 3.8) is 0 Å². The van der Waals surface area contributed by atoms with Gasteiger partial charge in [-0.1, -0.05) is 41.8 Å². The third-order valence-electron chi connectivity index (χ3n) is 5.73. The van der Waals surface area contributed by atoms with E-state index in [1.807, 2.05) is 29.2 Å². The highest BCUT2D eigenvalue weighted by molar-refractivity contribution is 9.10. The molecule has 0 bridgehead atoms. The van der Waals surface area contributed by atoms with E-state index in [4.69, 9.17) is 0 Å². The zero-order chi connectivity index (χ0) is 19.2. The number of nitrogens with zero attached hydrogens (tertiary/aromatic N) is 2. The zero-order valence-corrected chi connectivity index (χ0v) is 17.7. The Morgan fingerprint density at radius 3 is 2.52 bits per heavy atom. The topological polar surface area (TPSA) is 52.7 Å². The van der Waals surface area contributed by atoms with E-state index in [1.54, 1.807) is 0 Å². The molecule has 148 valence electrons. The van der Waals surface area contributed by atoms with Crippen molar-refractivity contribution in [1.29, 1.82) is 0 Å². The molecule has 1 saturated heterocycles. The molecule has 1 aromatic rings. The molecule has 2 aliphatic rings. The van der Waals surface area contributed by atoms with Gasteiger partial charge in [0.1, 0.15) is 0 Å². The van der Waals surface area contributed by atoms with Gasteiger partial charge in [-0.2, -0.15) is 0 Å². The van der Waals surface area contributed by atoms with Gasteiger partial charge in [-0.25, -0.2) is 0 Å². The third kappa shape index (κ3) is 5.11. The largest absolute Gasteiger partial charge is 0.355 e. The lowest BCUT2D eigenvalue weighted by Crippen LogP contribution is -2.58. The molecular formula is C21H30BrN3O2. The van der Waals surface area contributed by atoms with Crippen LogP contribution in [0.2, 0.25) is 0 Å². The lowest BCUT2D eigenvalue weighted by molar-refractivity contribution is -0.129. The second-order valence-corrected chi connectivity index (χ2v) is 8.53. The van der Waals surface area contributed by atoms with Gasteiger partial charge in [0.2, 0.25) is 5.91 Å². The SMILES string of the molecule is CCCNC(=O)[C@@H](C1CCCC1)N1CCN(C(=O)c2cccc(Br)c2)CC1. The van der Waals surface area contributed by atoms with Gasteiger partial charge in [0.05, 0.1) is 6.04 Å². The molecule has 1 atom stereocenters. The standard InChI is InChI=1S/C21H30BrN3O2/c1-2-10-23-20(26)19(16-6-3-4-7-16)24-11-13-25(14-12-24)21(27)17-8-5-9-18(22)15-17/h5,8-9,15-16,19H,2-4,6-7,10-14H2,1H3,(H,23,26)/t19-/m1/s1. The van der Waals surface area contributed by atoms with Crippen LogP contribution in [0.3, 0.4) is 0 Å². The molecule has 1 heterocycles. The van der Waals surface area contributed by atoms with Crippen molar-refractivity contribution >= 4 is 27.7 Å². The minimum absolute atomic E-state index is 0.0397. The normalized spacial score (nSPS) is 19.9. The molecule has 2 amide bonds. The Hall–Kier alpha value is -1.40. The monoisotopic (exact) mass is 435 g/mol. The summed E-state index contributed by atoms with van der Waals surface area (Å²) in [7, 11) is 0. The second kappa shape index (κ2) is 9.69. The second-order valence-electron chi connectivity index (χ2n) is 7.62. The number of carbonyl (C=O) groups is 2. The van der Waals surface area contributed by atoms with E-state index in [0.29, 0.717) is 24.6 Å². The number of benzene rings is 1. The summed E-state index contributed by atoms with van der Waals surface area (Å²) >= 11 is 3.43. The van der Waals surface area contributed by atoms with Crippen molar-refractivity contribution in [3.8, 4) is 0 Å². The summed E-state index contributed by atoms with van der Waals surface area (Å²) in [4.78, 5) is 29.8. The first-order valence-electron chi connectivity index (χ1n) is 10.2. The van der Waals surface area contributed by atoms with E-state index in [-0.39, 0.29) is 17.9 Å². The number of carbonyl (C=O) groups excluding carboxylic acids is 2. The molecule has 2 fully saturated rings. The van der Waals surface area contributed by atoms with Gasteiger partial charge in [0, 0.05) is 42.8 Å². The summed E-state index contributed by atoms with van der Waals surface area (Å²) < 4.78 is 0.917. The third-order valence-corrected chi connectivity index (χ3v) is 6.22. The predicted molar refractivity (Wildman–Crippen MR) is 111 cm³/mol. The van der Waals surface area contributed by atoms with Crippen LogP contribution in [-0.4, -0.2) is 60.4 Å². The Labute approximate surface area is 170 Å². The first-order valence-corrected chi connectivity index (χ1v) is 11.0. The number of hydrogen-bond acceptors (Lipinski definition) is 3. The summed E-state index contributed by atoms with van der Waals surface area (Å²) in [6.07, 6.45) is 5.69. The van der Waals surface area contributed by atoms with Crippen LogP contribution in [0.15, 0.2) is 28.7 Å². The molecule has 3 rings (SSSR count). The van der Waals surface area contributed by atoms with Gasteiger partial charge in [0.25, 0.3) is 5.91 Å². The molecule has 0 aromatic heterocycles. The fourth-order valence-electron chi connectivity index (χ4n) is 4.31. The Morgan fingerprint density at radius 1 is 1.19 bits per heavy atom. The van der Waals surface area contributed by atoms with Crippen LogP contribution in [0.4, 0.5) is 0 Å². The molecular weight excluding hydrogens is 406 g/mol. The Balaban J connectivity index is 1.62. The minimum Gasteiger partial charge on any atom is -0.355 e. The first kappa shape index (κ1) is 20.3. The van der Waals surface area contributed by atoms with Gasteiger partial charge in [-0.15, -0.1) is 0 Å². The minimum atomic E-state index is -0.0397. The molecule has 0 unspecified atom stereocenters. The summed E-state index contributed by atoms with van der Waals surface area (Å²) in [6, 6.07) is 7.51. The van der Waals surface area contributed by atoms with E-state index in [0.717, 1.165) is 43.4 Å². The molecule has 27 heavy (non-hydrogen) atoms. The Bertz CT molecular complexity index is 653. The van der Waals surface area contributed by atoms with E-state index in [1.165, 1.54) is 12.8 Å². The maximum atomic E-state index is 12.8. The molecule has 1 aliphatic heterocycles. The van der Waals surface area contributed by atoms with Crippen LogP contribution in [0.5, 0.6) is 0 Å². The smallest absolute Gasteiger partial charge is 0.253 e. The van der Waals surface area contributed by atoms with E-state index in [9.17, 15) is 9.59 Å². The molecule has 1 aromatic carbocycles. The van der Waals surface area contributed by atoms with Gasteiger partial charge < -0.3 is 10.2 Å². The van der Waals surface area contributed by atoms with Crippen LogP contribution in [-0.2, 0) is 4.79 Å². The van der Waals surface area contributed by atoms with Crippen LogP contribution >= 0.6 is 15.9 Å². The summed E-state index contributed by atoms with van der Waals surface area (Å²) in [5.74, 6) is 0.702. The quantitative estimate of drug-likeness (QED) is 0.745. The fourth-order valence-corrected chi connectivity index (χ4v) is 4.71. The molecule has 1 aliphatic carbocycles. The maximum Gasteiger partial charge on any atom is 0.253 e. The van der Waals surface area contributed by atoms with Crippen LogP contribution < -0.4 is 5.32 Å². The predicted octanol–water partition coefficient (Wildman–Crippen LogP) is 3.29. The summed E-state index contributed by atoms with van der Waals surface area (Å²) in [5.41, 5.74) is 0.714. The van der Waals surface area contributed by atoms with Crippen molar-refractivity contribution in [2.75, 3.05) is 32.7 Å². The number of piperazine rings is 1. The Morgan fingerprint density at radius 2 is 1.89 bits per heavy atom. The molecule has 5 nitrogen and oxygen atoms in total. The van der Waals surface area contributed by atoms with E-state index >= 15 is 0 Å². The van der Waals surface area contributed by atoms with Gasteiger partial charge >= 0.3 is 0 Å². The zero-order valence-electron chi connectivity index (χ0n) is 16.1. The van der Waals surface area contributed by atoms with Crippen molar-refractivity contribution in [2.24, 2.45) is 5.92 Å². The molecule has 1 saturated carbocycles. The van der Waals surface area contributed by atoms with Gasteiger partial charge in [-0.05, 0) is 43.4 Å². The molecule has 0 spiro atoms. The molecule has 1 N–H and O–H groups in total. The number of rotatable bonds is 6. The number of hydrogen-bond donors (Lipinski definition) is 1. The highest BCUT2D eigenvalue weighted by Crippen LogP contribution is 2.31. The first-order chi connectivity index (χ1) is 13.1. The summed E-state index contributed by atoms with van der Waals surface area (Å²) in [6.45, 7) is 5.70. The van der Waals surface area contributed by atoms with Crippen LogP contribution in [0.1, 0.15) is 49.4 Å². The highest BCUT2D eigenvalue weighted by Gasteiger charge is 2.37. The van der Waals surface area contributed by atoms with Crippen molar-refractivity contribution in [2.45, 2.75) is 45.1 Å². The fraction of sp³-hybridized carbons (Fsp3) is 0.619. The van der Waals surface area contributed by atoms with Gasteiger partial charge in [0.15, 0.2) is 0 Å². The average Bonchev–Trinajstić information content (AvgIpc) is 3.21. The highest BCUT2D eigenvalue weighted by atomic mass is 79.9. The maximum absolute atomic E-state index is 12.8. The number of amides is 2. The lowest BCUT2D eigenvalue weighted by atomic mass is 9.95. The molecule has 6 heteroatoms. The lowest BCUT2D eigenvalue weighted by Gasteiger charge is -2.40. The number of nitrogens with one attached hydrogen (secondary N) is 1. The Kier molecular flexibility index (Phi) is 7.30. The average molecular weight is 436 g/mol. The van der Waals surface area contributed by atoms with Crippen molar-refractivity contribution < 1.29 is 9.59 Å². The van der Waals surface area contributed by atoms with E-state index in [2.05, 4.69) is 33.1 Å².